The standard InChI is InChI=1S/C19H23NSi/c1-21(2,3)16-10-15-20(19-13-8-5-9-14-19)17-18-11-6-4-7-12-18/h4-9,11-14H,15,17H2,1-3H3. The van der Waals surface area contributed by atoms with Crippen LogP contribution < -0.4 is 4.90 Å². The first-order chi connectivity index (χ1) is 10.0. The lowest BCUT2D eigenvalue weighted by molar-refractivity contribution is 0.878. The molecule has 0 spiro atoms. The third kappa shape index (κ3) is 5.49. The highest BCUT2D eigenvalue weighted by Gasteiger charge is 2.09. The molecule has 0 radical (unpaired) electrons. The van der Waals surface area contributed by atoms with E-state index in [9.17, 15) is 0 Å². The molecule has 0 aromatic heterocycles. The summed E-state index contributed by atoms with van der Waals surface area (Å²) in [5, 5.41) is 0. The van der Waals surface area contributed by atoms with Crippen molar-refractivity contribution in [2.24, 2.45) is 0 Å². The fourth-order valence-electron chi connectivity index (χ4n) is 2.08. The smallest absolute Gasteiger partial charge is 0.129 e. The second-order valence-electron chi connectivity index (χ2n) is 6.23. The van der Waals surface area contributed by atoms with Gasteiger partial charge in [0.25, 0.3) is 0 Å². The zero-order valence-electron chi connectivity index (χ0n) is 13.1. The summed E-state index contributed by atoms with van der Waals surface area (Å²) in [4.78, 5) is 2.34. The summed E-state index contributed by atoms with van der Waals surface area (Å²) in [5.41, 5.74) is 6.00. The molecule has 0 aliphatic heterocycles. The molecule has 0 bridgehead atoms. The SMILES string of the molecule is C[Si](C)(C)C#CCN(Cc1ccccc1)c1ccccc1. The summed E-state index contributed by atoms with van der Waals surface area (Å²) in [6.07, 6.45) is 0. The predicted octanol–water partition coefficient (Wildman–Crippen LogP) is 4.57. The van der Waals surface area contributed by atoms with E-state index >= 15 is 0 Å². The molecule has 2 heteroatoms. The van der Waals surface area contributed by atoms with Gasteiger partial charge >= 0.3 is 0 Å². The highest BCUT2D eigenvalue weighted by atomic mass is 28.3. The van der Waals surface area contributed by atoms with E-state index in [0.717, 1.165) is 13.1 Å². The van der Waals surface area contributed by atoms with Crippen LogP contribution in [0.25, 0.3) is 0 Å². The van der Waals surface area contributed by atoms with Gasteiger partial charge in [0.1, 0.15) is 8.07 Å². The summed E-state index contributed by atoms with van der Waals surface area (Å²) >= 11 is 0. The van der Waals surface area contributed by atoms with Crippen molar-refractivity contribution in [1.82, 2.24) is 0 Å². The van der Waals surface area contributed by atoms with Crippen LogP contribution in [-0.2, 0) is 6.54 Å². The van der Waals surface area contributed by atoms with Gasteiger partial charge in [-0.05, 0) is 17.7 Å². The molecule has 0 saturated carbocycles. The molecule has 21 heavy (non-hydrogen) atoms. The molecule has 0 unspecified atom stereocenters. The minimum Gasteiger partial charge on any atom is -0.356 e. The van der Waals surface area contributed by atoms with Crippen LogP contribution in [0.3, 0.4) is 0 Å². The molecular formula is C19H23NSi. The number of benzene rings is 2. The quantitative estimate of drug-likeness (QED) is 0.589. The van der Waals surface area contributed by atoms with Crippen LogP contribution in [0, 0.1) is 11.5 Å². The van der Waals surface area contributed by atoms with Crippen LogP contribution in [-0.4, -0.2) is 14.6 Å². The van der Waals surface area contributed by atoms with E-state index in [1.807, 2.05) is 0 Å². The molecule has 0 atom stereocenters. The van der Waals surface area contributed by atoms with Gasteiger partial charge in [0, 0.05) is 12.2 Å². The average Bonchev–Trinajstić information content (AvgIpc) is 2.47. The molecule has 1 nitrogen and oxygen atoms in total. The maximum Gasteiger partial charge on any atom is 0.129 e. The minimum absolute atomic E-state index is 0.781. The van der Waals surface area contributed by atoms with Crippen molar-refractivity contribution in [2.45, 2.75) is 26.2 Å². The number of nitrogens with zero attached hydrogens (tertiary/aromatic N) is 1. The van der Waals surface area contributed by atoms with Crippen molar-refractivity contribution in [2.75, 3.05) is 11.4 Å². The van der Waals surface area contributed by atoms with Crippen LogP contribution in [0.5, 0.6) is 0 Å². The lowest BCUT2D eigenvalue weighted by Gasteiger charge is -2.22. The van der Waals surface area contributed by atoms with Crippen molar-refractivity contribution in [3.63, 3.8) is 0 Å². The van der Waals surface area contributed by atoms with E-state index in [-0.39, 0.29) is 0 Å². The number of rotatable bonds is 4. The second-order valence-corrected chi connectivity index (χ2v) is 11.0. The van der Waals surface area contributed by atoms with Gasteiger partial charge < -0.3 is 4.90 Å². The molecular weight excluding hydrogens is 270 g/mol. The van der Waals surface area contributed by atoms with E-state index in [1.165, 1.54) is 11.3 Å². The number of para-hydroxylation sites is 1. The Morgan fingerprint density at radius 2 is 1.43 bits per heavy atom. The van der Waals surface area contributed by atoms with Crippen molar-refractivity contribution in [1.29, 1.82) is 0 Å². The molecule has 0 aliphatic rings. The summed E-state index contributed by atoms with van der Waals surface area (Å²) in [6.45, 7) is 8.52. The van der Waals surface area contributed by atoms with Gasteiger partial charge in [-0.1, -0.05) is 74.1 Å². The molecule has 0 N–H and O–H groups in total. The molecule has 0 fully saturated rings. The average molecular weight is 293 g/mol. The van der Waals surface area contributed by atoms with Gasteiger partial charge in [-0.3, -0.25) is 0 Å². The lowest BCUT2D eigenvalue weighted by atomic mass is 10.2. The fourth-order valence-corrected chi connectivity index (χ4v) is 2.69. The molecule has 2 aromatic rings. The number of anilines is 1. The Kier molecular flexibility index (Phi) is 5.24. The Morgan fingerprint density at radius 1 is 0.857 bits per heavy atom. The maximum absolute atomic E-state index is 3.46. The molecule has 2 rings (SSSR count). The van der Waals surface area contributed by atoms with Crippen molar-refractivity contribution < 1.29 is 0 Å². The molecule has 0 amide bonds. The van der Waals surface area contributed by atoms with Crippen LogP contribution >= 0.6 is 0 Å². The first-order valence-corrected chi connectivity index (χ1v) is 10.9. The summed E-state index contributed by atoms with van der Waals surface area (Å²) in [6, 6.07) is 21.1. The predicted molar refractivity (Wildman–Crippen MR) is 95.1 cm³/mol. The summed E-state index contributed by atoms with van der Waals surface area (Å²) < 4.78 is 0. The zero-order valence-corrected chi connectivity index (χ0v) is 14.1. The van der Waals surface area contributed by atoms with Gasteiger partial charge in [0.2, 0.25) is 0 Å². The highest BCUT2D eigenvalue weighted by molar-refractivity contribution is 6.83. The molecule has 108 valence electrons. The first-order valence-electron chi connectivity index (χ1n) is 7.38. The van der Waals surface area contributed by atoms with E-state index in [1.54, 1.807) is 0 Å². The largest absolute Gasteiger partial charge is 0.356 e. The number of hydrogen-bond donors (Lipinski definition) is 0. The summed E-state index contributed by atoms with van der Waals surface area (Å²) in [7, 11) is -1.30. The van der Waals surface area contributed by atoms with Gasteiger partial charge in [0.05, 0.1) is 6.54 Å². The van der Waals surface area contributed by atoms with Gasteiger partial charge in [-0.25, -0.2) is 0 Å². The van der Waals surface area contributed by atoms with E-state index in [2.05, 4.69) is 96.7 Å². The Morgan fingerprint density at radius 3 is 2.00 bits per heavy atom. The molecule has 2 aromatic carbocycles. The van der Waals surface area contributed by atoms with Crippen molar-refractivity contribution in [3.05, 3.63) is 66.2 Å². The second kappa shape index (κ2) is 7.15. The Labute approximate surface area is 129 Å². The van der Waals surface area contributed by atoms with Gasteiger partial charge in [-0.2, -0.15) is 0 Å². The first kappa shape index (κ1) is 15.4. The van der Waals surface area contributed by atoms with E-state index < -0.39 is 8.07 Å². The Hall–Kier alpha value is -1.98. The Bertz CT molecular complexity index is 603. The zero-order chi connectivity index (χ0) is 15.1. The lowest BCUT2D eigenvalue weighted by Crippen LogP contribution is -2.24. The monoisotopic (exact) mass is 293 g/mol. The third-order valence-electron chi connectivity index (χ3n) is 3.07. The molecule has 0 aliphatic carbocycles. The van der Waals surface area contributed by atoms with Crippen LogP contribution in [0.15, 0.2) is 60.7 Å². The fraction of sp³-hybridized carbons (Fsp3) is 0.263. The topological polar surface area (TPSA) is 3.24 Å². The van der Waals surface area contributed by atoms with E-state index in [4.69, 9.17) is 0 Å². The van der Waals surface area contributed by atoms with Gasteiger partial charge in [-0.15, -0.1) is 5.54 Å². The highest BCUT2D eigenvalue weighted by Crippen LogP contribution is 2.16. The molecule has 0 heterocycles. The molecule has 0 saturated heterocycles. The number of hydrogen-bond acceptors (Lipinski definition) is 1. The normalized spacial score (nSPS) is 10.6. The van der Waals surface area contributed by atoms with Gasteiger partial charge in [0.15, 0.2) is 0 Å². The summed E-state index contributed by atoms with van der Waals surface area (Å²) in [5.74, 6) is 3.38. The van der Waals surface area contributed by atoms with Crippen LogP contribution in [0.2, 0.25) is 19.6 Å². The van der Waals surface area contributed by atoms with E-state index in [0.29, 0.717) is 0 Å². The minimum atomic E-state index is -1.30. The van der Waals surface area contributed by atoms with Crippen molar-refractivity contribution >= 4 is 13.8 Å². The van der Waals surface area contributed by atoms with Crippen LogP contribution in [0.4, 0.5) is 5.69 Å². The maximum atomic E-state index is 3.46. The third-order valence-corrected chi connectivity index (χ3v) is 4.00. The Balaban J connectivity index is 2.16. The van der Waals surface area contributed by atoms with Crippen molar-refractivity contribution in [3.8, 4) is 11.5 Å². The van der Waals surface area contributed by atoms with Crippen LogP contribution in [0.1, 0.15) is 5.56 Å².